The van der Waals surface area contributed by atoms with E-state index in [9.17, 15) is 4.79 Å². The van der Waals surface area contributed by atoms with Crippen molar-refractivity contribution in [3.05, 3.63) is 30.1 Å². The van der Waals surface area contributed by atoms with Gasteiger partial charge in [-0.1, -0.05) is 6.07 Å². The fraction of sp³-hybridized carbons (Fsp3) is 0.417. The summed E-state index contributed by atoms with van der Waals surface area (Å²) in [6.07, 6.45) is 3.74. The van der Waals surface area contributed by atoms with E-state index in [1.807, 2.05) is 25.1 Å². The van der Waals surface area contributed by atoms with Crippen molar-refractivity contribution in [2.75, 3.05) is 13.1 Å². The molecule has 0 radical (unpaired) electrons. The smallest absolute Gasteiger partial charge is 0.317 e. The molecule has 1 aromatic rings. The molecule has 5 heteroatoms. The molecular weight excluding hydrogens is 216 g/mol. The second-order valence-corrected chi connectivity index (χ2v) is 3.53. The highest BCUT2D eigenvalue weighted by molar-refractivity contribution is 5.74. The van der Waals surface area contributed by atoms with Gasteiger partial charge in [0.05, 0.1) is 12.5 Å². The number of aromatic nitrogens is 1. The van der Waals surface area contributed by atoms with Crippen LogP contribution in [-0.2, 0) is 6.54 Å². The number of pyridine rings is 1. The van der Waals surface area contributed by atoms with E-state index < -0.39 is 0 Å². The molecule has 0 aliphatic rings. The van der Waals surface area contributed by atoms with Crippen LogP contribution in [0.2, 0.25) is 0 Å². The SMILES string of the molecule is CCNC(=O)N(CCC#N)Cc1cccnc1. The molecule has 0 saturated carbocycles. The number of carbonyl (C=O) groups is 1. The maximum absolute atomic E-state index is 11.7. The lowest BCUT2D eigenvalue weighted by Crippen LogP contribution is -2.39. The third kappa shape index (κ3) is 4.51. The molecule has 1 heterocycles. The van der Waals surface area contributed by atoms with Crippen LogP contribution in [0.3, 0.4) is 0 Å². The average Bonchev–Trinajstić information content (AvgIpc) is 2.36. The molecule has 17 heavy (non-hydrogen) atoms. The third-order valence-corrected chi connectivity index (χ3v) is 2.20. The van der Waals surface area contributed by atoms with Crippen LogP contribution in [0.25, 0.3) is 0 Å². The average molecular weight is 232 g/mol. The van der Waals surface area contributed by atoms with Crippen molar-refractivity contribution in [1.82, 2.24) is 15.2 Å². The van der Waals surface area contributed by atoms with Crippen LogP contribution in [0, 0.1) is 11.3 Å². The Bertz CT molecular complexity index is 385. The van der Waals surface area contributed by atoms with E-state index in [1.54, 1.807) is 17.3 Å². The number of amides is 2. The highest BCUT2D eigenvalue weighted by Crippen LogP contribution is 2.03. The van der Waals surface area contributed by atoms with Crippen LogP contribution < -0.4 is 5.32 Å². The van der Waals surface area contributed by atoms with E-state index in [-0.39, 0.29) is 6.03 Å². The van der Waals surface area contributed by atoms with Gasteiger partial charge >= 0.3 is 6.03 Å². The molecule has 0 unspecified atom stereocenters. The first-order chi connectivity index (χ1) is 8.27. The summed E-state index contributed by atoms with van der Waals surface area (Å²) in [6.45, 7) is 3.35. The Kier molecular flexibility index (Phi) is 5.52. The number of rotatable bonds is 5. The molecule has 0 atom stereocenters. The van der Waals surface area contributed by atoms with Gasteiger partial charge in [0.2, 0.25) is 0 Å². The summed E-state index contributed by atoms with van der Waals surface area (Å²) in [6, 6.07) is 5.63. The minimum absolute atomic E-state index is 0.147. The molecule has 0 spiro atoms. The maximum Gasteiger partial charge on any atom is 0.317 e. The summed E-state index contributed by atoms with van der Waals surface area (Å²) in [7, 11) is 0. The van der Waals surface area contributed by atoms with Gasteiger partial charge in [0.25, 0.3) is 0 Å². The molecule has 1 rings (SSSR count). The van der Waals surface area contributed by atoms with Crippen LogP contribution in [0.15, 0.2) is 24.5 Å². The summed E-state index contributed by atoms with van der Waals surface area (Å²) in [5, 5.41) is 11.3. The molecule has 1 aromatic heterocycles. The molecular formula is C12H16N4O. The number of nitrogens with zero attached hydrogens (tertiary/aromatic N) is 3. The van der Waals surface area contributed by atoms with Crippen LogP contribution >= 0.6 is 0 Å². The Hall–Kier alpha value is -2.09. The van der Waals surface area contributed by atoms with Crippen molar-refractivity contribution >= 4 is 6.03 Å². The highest BCUT2D eigenvalue weighted by atomic mass is 16.2. The topological polar surface area (TPSA) is 69.0 Å². The maximum atomic E-state index is 11.7. The molecule has 5 nitrogen and oxygen atoms in total. The first-order valence-corrected chi connectivity index (χ1v) is 5.56. The number of nitrogens with one attached hydrogen (secondary N) is 1. The van der Waals surface area contributed by atoms with Crippen molar-refractivity contribution in [1.29, 1.82) is 5.26 Å². The van der Waals surface area contributed by atoms with Gasteiger partial charge in [0.1, 0.15) is 0 Å². The van der Waals surface area contributed by atoms with Crippen molar-refractivity contribution in [3.8, 4) is 6.07 Å². The number of hydrogen-bond acceptors (Lipinski definition) is 3. The fourth-order valence-corrected chi connectivity index (χ4v) is 1.41. The summed E-state index contributed by atoms with van der Waals surface area (Å²) >= 11 is 0. The van der Waals surface area contributed by atoms with E-state index in [1.165, 1.54) is 0 Å². The molecule has 1 N–H and O–H groups in total. The molecule has 0 saturated heterocycles. The second-order valence-electron chi connectivity index (χ2n) is 3.53. The first-order valence-electron chi connectivity index (χ1n) is 5.56. The molecule has 0 fully saturated rings. The van der Waals surface area contributed by atoms with Gasteiger partial charge < -0.3 is 10.2 Å². The number of urea groups is 1. The normalized spacial score (nSPS) is 9.41. The van der Waals surface area contributed by atoms with Gasteiger partial charge in [0, 0.05) is 32.0 Å². The highest BCUT2D eigenvalue weighted by Gasteiger charge is 2.12. The molecule has 0 bridgehead atoms. The summed E-state index contributed by atoms with van der Waals surface area (Å²) in [5.74, 6) is 0. The lowest BCUT2D eigenvalue weighted by Gasteiger charge is -2.21. The monoisotopic (exact) mass is 232 g/mol. The van der Waals surface area contributed by atoms with Gasteiger partial charge in [-0.25, -0.2) is 4.79 Å². The Morgan fingerprint density at radius 1 is 1.65 bits per heavy atom. The molecule has 0 aliphatic carbocycles. The second kappa shape index (κ2) is 7.23. The Morgan fingerprint density at radius 2 is 2.47 bits per heavy atom. The number of carbonyl (C=O) groups excluding carboxylic acids is 1. The lowest BCUT2D eigenvalue weighted by atomic mass is 10.2. The van der Waals surface area contributed by atoms with Gasteiger partial charge in [-0.15, -0.1) is 0 Å². The zero-order valence-electron chi connectivity index (χ0n) is 9.89. The van der Waals surface area contributed by atoms with Crippen molar-refractivity contribution in [2.45, 2.75) is 19.9 Å². The van der Waals surface area contributed by atoms with E-state index in [0.29, 0.717) is 26.1 Å². The number of nitriles is 1. The zero-order valence-corrected chi connectivity index (χ0v) is 9.89. The first kappa shape index (κ1) is 13.0. The predicted octanol–water partition coefficient (Wildman–Crippen LogP) is 1.53. The van der Waals surface area contributed by atoms with Gasteiger partial charge in [-0.2, -0.15) is 5.26 Å². The van der Waals surface area contributed by atoms with Gasteiger partial charge in [-0.3, -0.25) is 4.98 Å². The van der Waals surface area contributed by atoms with E-state index in [2.05, 4.69) is 10.3 Å². The summed E-state index contributed by atoms with van der Waals surface area (Å²) in [4.78, 5) is 17.4. The van der Waals surface area contributed by atoms with Crippen molar-refractivity contribution in [3.63, 3.8) is 0 Å². The van der Waals surface area contributed by atoms with E-state index in [4.69, 9.17) is 5.26 Å². The molecule has 0 aromatic carbocycles. The zero-order chi connectivity index (χ0) is 12.5. The largest absolute Gasteiger partial charge is 0.338 e. The van der Waals surface area contributed by atoms with Crippen LogP contribution in [0.4, 0.5) is 4.79 Å². The minimum atomic E-state index is -0.147. The number of hydrogen-bond donors (Lipinski definition) is 1. The van der Waals surface area contributed by atoms with Crippen molar-refractivity contribution < 1.29 is 4.79 Å². The summed E-state index contributed by atoms with van der Waals surface area (Å²) in [5.41, 5.74) is 0.955. The lowest BCUT2D eigenvalue weighted by molar-refractivity contribution is 0.197. The van der Waals surface area contributed by atoms with Crippen LogP contribution in [-0.4, -0.2) is 29.0 Å². The van der Waals surface area contributed by atoms with Crippen LogP contribution in [0.1, 0.15) is 18.9 Å². The third-order valence-electron chi connectivity index (χ3n) is 2.20. The Balaban J connectivity index is 2.63. The fourth-order valence-electron chi connectivity index (χ4n) is 1.41. The summed E-state index contributed by atoms with van der Waals surface area (Å²) < 4.78 is 0. The predicted molar refractivity (Wildman–Crippen MR) is 63.9 cm³/mol. The Labute approximate surface area is 101 Å². The van der Waals surface area contributed by atoms with Crippen LogP contribution in [0.5, 0.6) is 0 Å². The molecule has 2 amide bonds. The van der Waals surface area contributed by atoms with Gasteiger partial charge in [-0.05, 0) is 18.6 Å². The minimum Gasteiger partial charge on any atom is -0.338 e. The van der Waals surface area contributed by atoms with Crippen molar-refractivity contribution in [2.24, 2.45) is 0 Å². The standard InChI is InChI=1S/C12H16N4O/c1-2-15-12(17)16(8-4-6-13)10-11-5-3-7-14-9-11/h3,5,7,9H,2,4,8,10H2,1H3,(H,15,17). The molecule has 90 valence electrons. The molecule has 0 aliphatic heterocycles. The van der Waals surface area contributed by atoms with Gasteiger partial charge in [0.15, 0.2) is 0 Å². The Morgan fingerprint density at radius 3 is 3.06 bits per heavy atom. The van der Waals surface area contributed by atoms with E-state index >= 15 is 0 Å². The van der Waals surface area contributed by atoms with E-state index in [0.717, 1.165) is 5.56 Å². The quantitative estimate of drug-likeness (QED) is 0.837.